The Labute approximate surface area is 129 Å². The Balaban J connectivity index is 2.26. The zero-order valence-electron chi connectivity index (χ0n) is 10.3. The second-order valence-electron chi connectivity index (χ2n) is 3.98. The van der Waals surface area contributed by atoms with Gasteiger partial charge in [-0.25, -0.2) is 9.78 Å². The Morgan fingerprint density at radius 1 is 1.14 bits per heavy atom. The van der Waals surface area contributed by atoms with Crippen LogP contribution in [0.2, 0.25) is 10.2 Å². The third-order valence-electron chi connectivity index (χ3n) is 2.55. The molecule has 0 bridgehead atoms. The van der Waals surface area contributed by atoms with Crippen LogP contribution in [0.25, 0.3) is 0 Å². The molecule has 0 aliphatic carbocycles. The molecule has 0 saturated heterocycles. The molecule has 0 aliphatic rings. The van der Waals surface area contributed by atoms with Crippen LogP contribution in [0.4, 0.5) is 5.69 Å². The zero-order valence-corrected chi connectivity index (χ0v) is 11.8. The molecule has 0 atom stereocenters. The van der Waals surface area contributed by atoms with Gasteiger partial charge in [0.05, 0.1) is 10.6 Å². The van der Waals surface area contributed by atoms with Crippen molar-refractivity contribution in [2.24, 2.45) is 0 Å². The molecule has 8 heteroatoms. The maximum atomic E-state index is 12.0. The van der Waals surface area contributed by atoms with Gasteiger partial charge >= 0.3 is 5.97 Å². The van der Waals surface area contributed by atoms with Crippen LogP contribution in [0, 0.1) is 0 Å². The topological polar surface area (TPSA) is 99.5 Å². The molecule has 2 aromatic rings. The lowest BCUT2D eigenvalue weighted by molar-refractivity contribution is 0.0693. The molecule has 108 valence electrons. The number of benzene rings is 1. The fraction of sp³-hybridized carbons (Fsp3) is 0. The summed E-state index contributed by atoms with van der Waals surface area (Å²) in [7, 11) is 0. The molecule has 1 amide bonds. The Bertz CT molecular complexity index is 734. The molecule has 1 aromatic carbocycles. The van der Waals surface area contributed by atoms with Gasteiger partial charge in [-0.3, -0.25) is 4.79 Å². The minimum Gasteiger partial charge on any atom is -0.507 e. The molecule has 6 nitrogen and oxygen atoms in total. The number of rotatable bonds is 3. The Morgan fingerprint density at radius 3 is 2.48 bits per heavy atom. The Morgan fingerprint density at radius 2 is 1.86 bits per heavy atom. The van der Waals surface area contributed by atoms with E-state index in [1.165, 1.54) is 24.4 Å². The number of phenols is 1. The van der Waals surface area contributed by atoms with Crippen molar-refractivity contribution in [3.63, 3.8) is 0 Å². The first-order valence-electron chi connectivity index (χ1n) is 5.57. The lowest BCUT2D eigenvalue weighted by atomic mass is 10.1. The summed E-state index contributed by atoms with van der Waals surface area (Å²) in [5.74, 6) is -2.29. The number of aromatic nitrogens is 1. The molecule has 0 spiro atoms. The van der Waals surface area contributed by atoms with Crippen molar-refractivity contribution in [2.45, 2.75) is 0 Å². The third-order valence-corrected chi connectivity index (χ3v) is 3.06. The van der Waals surface area contributed by atoms with Crippen molar-refractivity contribution in [3.05, 3.63) is 51.8 Å². The van der Waals surface area contributed by atoms with Crippen molar-refractivity contribution in [1.82, 2.24) is 4.98 Å². The van der Waals surface area contributed by atoms with Crippen LogP contribution in [-0.2, 0) is 0 Å². The first-order chi connectivity index (χ1) is 9.88. The number of carbonyl (C=O) groups excluding carboxylic acids is 1. The number of hydrogen-bond donors (Lipinski definition) is 3. The van der Waals surface area contributed by atoms with Crippen molar-refractivity contribution < 1.29 is 19.8 Å². The molecule has 0 unspecified atom stereocenters. The second-order valence-corrected chi connectivity index (χ2v) is 4.77. The largest absolute Gasteiger partial charge is 0.507 e. The summed E-state index contributed by atoms with van der Waals surface area (Å²) in [6, 6.07) is 4.94. The number of carboxylic acids is 1. The van der Waals surface area contributed by atoms with E-state index >= 15 is 0 Å². The fourth-order valence-corrected chi connectivity index (χ4v) is 1.92. The smallest absolute Gasteiger partial charge is 0.339 e. The number of carboxylic acid groups (broad SMARTS) is 1. The molecular weight excluding hydrogens is 319 g/mol. The van der Waals surface area contributed by atoms with Crippen LogP contribution in [0.5, 0.6) is 5.75 Å². The molecule has 0 saturated carbocycles. The third kappa shape index (κ3) is 3.42. The number of anilines is 1. The highest BCUT2D eigenvalue weighted by molar-refractivity contribution is 6.35. The minimum absolute atomic E-state index is 0.105. The SMILES string of the molecule is O=C(O)c1ccc(NC(=O)c2cc(Cl)ncc2Cl)cc1O. The molecule has 0 radical (unpaired) electrons. The Kier molecular flexibility index (Phi) is 4.30. The average molecular weight is 327 g/mol. The van der Waals surface area contributed by atoms with E-state index in [1.54, 1.807) is 0 Å². The molecule has 21 heavy (non-hydrogen) atoms. The van der Waals surface area contributed by atoms with E-state index in [9.17, 15) is 14.7 Å². The lowest BCUT2D eigenvalue weighted by Gasteiger charge is -2.08. The number of amides is 1. The van der Waals surface area contributed by atoms with E-state index in [0.29, 0.717) is 0 Å². The molecule has 2 rings (SSSR count). The number of aromatic carboxylic acids is 1. The van der Waals surface area contributed by atoms with Gasteiger partial charge in [-0.1, -0.05) is 23.2 Å². The van der Waals surface area contributed by atoms with Gasteiger partial charge in [0.15, 0.2) is 0 Å². The van der Waals surface area contributed by atoms with Gasteiger partial charge in [-0.15, -0.1) is 0 Å². The zero-order chi connectivity index (χ0) is 15.6. The average Bonchev–Trinajstić information content (AvgIpc) is 2.41. The number of nitrogens with zero attached hydrogens (tertiary/aromatic N) is 1. The molecule has 1 aromatic heterocycles. The number of nitrogens with one attached hydrogen (secondary N) is 1. The highest BCUT2D eigenvalue weighted by atomic mass is 35.5. The van der Waals surface area contributed by atoms with Crippen LogP contribution in [0.3, 0.4) is 0 Å². The molecular formula is C13H8Cl2N2O4. The van der Waals surface area contributed by atoms with Gasteiger partial charge < -0.3 is 15.5 Å². The quantitative estimate of drug-likeness (QED) is 0.753. The Hall–Kier alpha value is -2.31. The van der Waals surface area contributed by atoms with Crippen LogP contribution in [0.1, 0.15) is 20.7 Å². The summed E-state index contributed by atoms with van der Waals surface area (Å²) in [5.41, 5.74) is 0.0583. The second kappa shape index (κ2) is 5.99. The number of aromatic hydroxyl groups is 1. The normalized spacial score (nSPS) is 10.2. The fourth-order valence-electron chi connectivity index (χ4n) is 1.58. The van der Waals surface area contributed by atoms with Gasteiger partial charge in [-0.05, 0) is 18.2 Å². The van der Waals surface area contributed by atoms with Crippen LogP contribution in [-0.4, -0.2) is 27.1 Å². The van der Waals surface area contributed by atoms with E-state index in [-0.39, 0.29) is 27.0 Å². The van der Waals surface area contributed by atoms with Crippen molar-refractivity contribution in [1.29, 1.82) is 0 Å². The van der Waals surface area contributed by atoms with Crippen molar-refractivity contribution in [2.75, 3.05) is 5.32 Å². The van der Waals surface area contributed by atoms with Gasteiger partial charge in [0.25, 0.3) is 5.91 Å². The number of hydrogen-bond acceptors (Lipinski definition) is 4. The summed E-state index contributed by atoms with van der Waals surface area (Å²) in [6.45, 7) is 0. The maximum Gasteiger partial charge on any atom is 0.339 e. The standard InChI is InChI=1S/C13H8Cl2N2O4/c14-9-5-16-11(15)4-8(9)12(19)17-6-1-2-7(13(20)21)10(18)3-6/h1-5,18H,(H,17,19)(H,20,21). The summed E-state index contributed by atoms with van der Waals surface area (Å²) in [5, 5.41) is 21.0. The van der Waals surface area contributed by atoms with Gasteiger partial charge in [-0.2, -0.15) is 0 Å². The van der Waals surface area contributed by atoms with Crippen LogP contribution < -0.4 is 5.32 Å². The van der Waals surface area contributed by atoms with Gasteiger partial charge in [0.2, 0.25) is 0 Å². The minimum atomic E-state index is -1.27. The first kappa shape index (κ1) is 15.1. The number of halogens is 2. The van der Waals surface area contributed by atoms with Gasteiger partial charge in [0, 0.05) is 18.0 Å². The summed E-state index contributed by atoms with van der Waals surface area (Å²) < 4.78 is 0. The van der Waals surface area contributed by atoms with Crippen LogP contribution in [0.15, 0.2) is 30.5 Å². The molecule has 0 aliphatic heterocycles. The van der Waals surface area contributed by atoms with Crippen molar-refractivity contribution >= 4 is 40.8 Å². The number of pyridine rings is 1. The molecule has 3 N–H and O–H groups in total. The lowest BCUT2D eigenvalue weighted by Crippen LogP contribution is -2.13. The van der Waals surface area contributed by atoms with E-state index in [0.717, 1.165) is 6.07 Å². The van der Waals surface area contributed by atoms with E-state index < -0.39 is 17.6 Å². The number of carbonyl (C=O) groups is 2. The first-order valence-corrected chi connectivity index (χ1v) is 6.33. The monoisotopic (exact) mass is 326 g/mol. The summed E-state index contributed by atoms with van der Waals surface area (Å²) in [4.78, 5) is 26.5. The van der Waals surface area contributed by atoms with E-state index in [2.05, 4.69) is 10.3 Å². The predicted octanol–water partition coefficient (Wildman–Crippen LogP) is 3.04. The summed E-state index contributed by atoms with van der Waals surface area (Å²) in [6.07, 6.45) is 1.24. The highest BCUT2D eigenvalue weighted by Gasteiger charge is 2.14. The molecule has 1 heterocycles. The molecule has 0 fully saturated rings. The van der Waals surface area contributed by atoms with Gasteiger partial charge in [0.1, 0.15) is 16.5 Å². The summed E-state index contributed by atoms with van der Waals surface area (Å²) >= 11 is 11.5. The maximum absolute atomic E-state index is 12.0. The van der Waals surface area contributed by atoms with Crippen molar-refractivity contribution in [3.8, 4) is 5.75 Å². The van der Waals surface area contributed by atoms with E-state index in [1.807, 2.05) is 0 Å². The van der Waals surface area contributed by atoms with Crippen LogP contribution >= 0.6 is 23.2 Å². The predicted molar refractivity (Wildman–Crippen MR) is 77.3 cm³/mol. The van der Waals surface area contributed by atoms with E-state index in [4.69, 9.17) is 28.3 Å². The highest BCUT2D eigenvalue weighted by Crippen LogP contribution is 2.24.